The van der Waals surface area contributed by atoms with Gasteiger partial charge >= 0.3 is 11.9 Å². The molecule has 36 heavy (non-hydrogen) atoms. The highest BCUT2D eigenvalue weighted by Gasteiger charge is 2.26. The lowest BCUT2D eigenvalue weighted by molar-refractivity contribution is -0.383. The van der Waals surface area contributed by atoms with Gasteiger partial charge in [0.15, 0.2) is 11.4 Å². The molecule has 14 heteroatoms. The van der Waals surface area contributed by atoms with Crippen LogP contribution in [0.3, 0.4) is 0 Å². The Balaban J connectivity index is 0.000000232. The average molecular weight is 565 g/mol. The third kappa shape index (κ3) is 6.34. The van der Waals surface area contributed by atoms with E-state index in [1.54, 1.807) is 45.0 Å². The average Bonchev–Trinajstić information content (AvgIpc) is 3.45. The standard InChI is InChI=1S/C10H8BrN3O4.C10H11N3O2.C2H6O/c1-2-18-10(15)8-7-6(12-13-8)4-3-5(11)9(7)14(16)17;1-2-15-10(14)9-8-6(11)4-3-5-7(8)12-13-9;1-2-3/h3-4H,2H2,1H3,(H,12,13);3-5H,2,11H2,1H3,(H,12,13);3H,2H2,1H3. The summed E-state index contributed by atoms with van der Waals surface area (Å²) in [4.78, 5) is 33.7. The number of ether oxygens (including phenoxy) is 2. The molecule has 0 aliphatic rings. The number of nitro groups is 1. The number of aliphatic hydroxyl groups excluding tert-OH is 1. The van der Waals surface area contributed by atoms with Crippen molar-refractivity contribution < 1.29 is 29.1 Å². The van der Waals surface area contributed by atoms with Gasteiger partial charge in [0.05, 0.1) is 39.0 Å². The van der Waals surface area contributed by atoms with E-state index >= 15 is 0 Å². The number of anilines is 1. The van der Waals surface area contributed by atoms with Crippen molar-refractivity contribution in [1.82, 2.24) is 20.4 Å². The number of carbonyl (C=O) groups is 2. The van der Waals surface area contributed by atoms with Crippen LogP contribution in [0, 0.1) is 10.1 Å². The van der Waals surface area contributed by atoms with Crippen molar-refractivity contribution in [3.05, 3.63) is 56.3 Å². The van der Waals surface area contributed by atoms with Crippen LogP contribution in [-0.4, -0.2) is 62.2 Å². The number of nitrogens with zero attached hydrogens (tertiary/aromatic N) is 3. The van der Waals surface area contributed by atoms with Gasteiger partial charge in [-0.25, -0.2) is 9.59 Å². The van der Waals surface area contributed by atoms with Gasteiger partial charge in [0.25, 0.3) is 5.69 Å². The summed E-state index contributed by atoms with van der Waals surface area (Å²) in [5, 5.41) is 32.4. The summed E-state index contributed by atoms with van der Waals surface area (Å²) in [6.07, 6.45) is 0. The number of H-pyrrole nitrogens is 2. The first kappa shape index (κ1) is 28.2. The first-order chi connectivity index (χ1) is 17.2. The second-order valence-corrected chi connectivity index (χ2v) is 7.60. The van der Waals surface area contributed by atoms with E-state index < -0.39 is 16.9 Å². The number of hydrogen-bond donors (Lipinski definition) is 4. The zero-order chi connectivity index (χ0) is 26.8. The lowest BCUT2D eigenvalue weighted by Gasteiger charge is -2.00. The predicted octanol–water partition coefficient (Wildman–Crippen LogP) is 3.73. The maximum absolute atomic E-state index is 11.7. The Morgan fingerprint density at radius 2 is 1.50 bits per heavy atom. The van der Waals surface area contributed by atoms with Gasteiger partial charge in [-0.2, -0.15) is 10.2 Å². The molecule has 2 aromatic carbocycles. The number of rotatable bonds is 5. The molecule has 192 valence electrons. The van der Waals surface area contributed by atoms with E-state index in [0.29, 0.717) is 23.2 Å². The van der Waals surface area contributed by atoms with Crippen molar-refractivity contribution in [3.8, 4) is 0 Å². The SMILES string of the molecule is CCO.CCOC(=O)c1n[nH]c2ccc(Br)c([N+](=O)[O-])c12.CCOC(=O)c1n[nH]c2cccc(N)c12. The molecule has 0 spiro atoms. The second-order valence-electron chi connectivity index (χ2n) is 6.75. The molecule has 0 radical (unpaired) electrons. The predicted molar refractivity (Wildman–Crippen MR) is 136 cm³/mol. The number of nitrogen functional groups attached to an aromatic ring is 1. The number of nitrogens with two attached hydrogens (primary N) is 1. The molecule has 5 N–H and O–H groups in total. The van der Waals surface area contributed by atoms with Crippen LogP contribution in [0.25, 0.3) is 21.8 Å². The molecule has 0 saturated carbocycles. The zero-order valence-electron chi connectivity index (χ0n) is 19.7. The van der Waals surface area contributed by atoms with Gasteiger partial charge in [0, 0.05) is 12.3 Å². The summed E-state index contributed by atoms with van der Waals surface area (Å²) < 4.78 is 9.97. The fourth-order valence-electron chi connectivity index (χ4n) is 3.04. The molecule has 13 nitrogen and oxygen atoms in total. The molecule has 4 rings (SSSR count). The Labute approximate surface area is 213 Å². The molecular formula is C22H25BrN6O7. The number of benzene rings is 2. The summed E-state index contributed by atoms with van der Waals surface area (Å²) in [6, 6.07) is 8.45. The Morgan fingerprint density at radius 1 is 1.00 bits per heavy atom. The minimum Gasteiger partial charge on any atom is -0.461 e. The van der Waals surface area contributed by atoms with E-state index in [9.17, 15) is 19.7 Å². The number of carbonyl (C=O) groups excluding carboxylic acids is 2. The molecule has 2 heterocycles. The Bertz CT molecular complexity index is 1370. The molecule has 0 amide bonds. The summed E-state index contributed by atoms with van der Waals surface area (Å²) in [7, 11) is 0. The van der Waals surface area contributed by atoms with E-state index in [2.05, 4.69) is 36.3 Å². The zero-order valence-corrected chi connectivity index (χ0v) is 21.3. The molecule has 0 aliphatic heterocycles. The van der Waals surface area contributed by atoms with E-state index in [1.807, 2.05) is 0 Å². The lowest BCUT2D eigenvalue weighted by atomic mass is 10.1. The Hall–Kier alpha value is -4.04. The highest BCUT2D eigenvalue weighted by Crippen LogP contribution is 2.34. The molecule has 0 aliphatic carbocycles. The summed E-state index contributed by atoms with van der Waals surface area (Å²) >= 11 is 3.09. The van der Waals surface area contributed by atoms with Crippen LogP contribution in [0.1, 0.15) is 41.7 Å². The largest absolute Gasteiger partial charge is 0.461 e. The van der Waals surface area contributed by atoms with Crippen molar-refractivity contribution in [3.63, 3.8) is 0 Å². The van der Waals surface area contributed by atoms with Crippen LogP contribution >= 0.6 is 15.9 Å². The van der Waals surface area contributed by atoms with Gasteiger partial charge in [-0.05, 0) is 61.0 Å². The van der Waals surface area contributed by atoms with Gasteiger partial charge in [-0.15, -0.1) is 0 Å². The number of halogens is 1. The molecule has 0 fully saturated rings. The first-order valence-corrected chi connectivity index (χ1v) is 11.5. The molecule has 0 unspecified atom stereocenters. The normalized spacial score (nSPS) is 10.1. The van der Waals surface area contributed by atoms with Crippen molar-refractivity contribution in [2.45, 2.75) is 20.8 Å². The van der Waals surface area contributed by atoms with Crippen LogP contribution in [0.2, 0.25) is 0 Å². The minimum atomic E-state index is -0.690. The molecular weight excluding hydrogens is 540 g/mol. The number of aliphatic hydroxyl groups is 1. The van der Waals surface area contributed by atoms with E-state index in [0.717, 1.165) is 5.52 Å². The van der Waals surface area contributed by atoms with E-state index in [1.165, 1.54) is 6.07 Å². The smallest absolute Gasteiger partial charge is 0.359 e. The van der Waals surface area contributed by atoms with Crippen LogP contribution in [0.5, 0.6) is 0 Å². The number of esters is 2. The van der Waals surface area contributed by atoms with Crippen molar-refractivity contribution in [1.29, 1.82) is 0 Å². The maximum atomic E-state index is 11.7. The van der Waals surface area contributed by atoms with Crippen molar-refractivity contribution in [2.24, 2.45) is 0 Å². The number of nitrogens with one attached hydrogen (secondary N) is 2. The third-order valence-electron chi connectivity index (χ3n) is 4.40. The molecule has 2 aromatic heterocycles. The van der Waals surface area contributed by atoms with Gasteiger partial charge in [-0.3, -0.25) is 20.3 Å². The third-order valence-corrected chi connectivity index (χ3v) is 5.04. The first-order valence-electron chi connectivity index (χ1n) is 10.7. The Morgan fingerprint density at radius 3 is 2.00 bits per heavy atom. The van der Waals surface area contributed by atoms with Crippen LogP contribution in [-0.2, 0) is 9.47 Å². The number of hydrogen-bond acceptors (Lipinski definition) is 10. The van der Waals surface area contributed by atoms with Crippen LogP contribution < -0.4 is 5.73 Å². The quantitative estimate of drug-likeness (QED) is 0.120. The van der Waals surface area contributed by atoms with Gasteiger partial charge in [-0.1, -0.05) is 6.07 Å². The van der Waals surface area contributed by atoms with Crippen molar-refractivity contribution in [2.75, 3.05) is 25.6 Å². The number of nitro benzene ring substituents is 1. The van der Waals surface area contributed by atoms with E-state index in [4.69, 9.17) is 20.3 Å². The Kier molecular flexibility index (Phi) is 10.3. The fraction of sp³-hybridized carbons (Fsp3) is 0.273. The van der Waals surface area contributed by atoms with Gasteiger partial charge in [0.1, 0.15) is 5.39 Å². The highest BCUT2D eigenvalue weighted by molar-refractivity contribution is 9.10. The molecule has 0 atom stereocenters. The lowest BCUT2D eigenvalue weighted by Crippen LogP contribution is -2.06. The number of aromatic amines is 2. The molecule has 0 saturated heterocycles. The van der Waals surface area contributed by atoms with Gasteiger partial charge < -0.3 is 20.3 Å². The number of fused-ring (bicyclic) bond motifs is 2. The topological polar surface area (TPSA) is 199 Å². The summed E-state index contributed by atoms with van der Waals surface area (Å²) in [6.45, 7) is 5.82. The van der Waals surface area contributed by atoms with Gasteiger partial charge in [0.2, 0.25) is 0 Å². The fourth-order valence-corrected chi connectivity index (χ4v) is 3.52. The van der Waals surface area contributed by atoms with Crippen LogP contribution in [0.15, 0.2) is 34.8 Å². The summed E-state index contributed by atoms with van der Waals surface area (Å²) in [5.41, 5.74) is 7.38. The minimum absolute atomic E-state index is 0.0835. The number of aromatic nitrogens is 4. The molecule has 4 aromatic rings. The van der Waals surface area contributed by atoms with E-state index in [-0.39, 0.29) is 40.1 Å². The monoisotopic (exact) mass is 564 g/mol. The van der Waals surface area contributed by atoms with Crippen LogP contribution in [0.4, 0.5) is 11.4 Å². The second kappa shape index (κ2) is 13.2. The summed E-state index contributed by atoms with van der Waals surface area (Å²) in [5.74, 6) is -1.15. The molecule has 0 bridgehead atoms. The van der Waals surface area contributed by atoms with Crippen molar-refractivity contribution >= 4 is 61.0 Å². The maximum Gasteiger partial charge on any atom is 0.359 e. The highest BCUT2D eigenvalue weighted by atomic mass is 79.9.